The van der Waals surface area contributed by atoms with Crippen molar-refractivity contribution >= 4 is 5.97 Å². The van der Waals surface area contributed by atoms with Gasteiger partial charge in [-0.2, -0.15) is 0 Å². The Balaban J connectivity index is 2.75. The van der Waals surface area contributed by atoms with Crippen molar-refractivity contribution in [3.05, 3.63) is 0 Å². The van der Waals surface area contributed by atoms with Crippen molar-refractivity contribution in [2.75, 3.05) is 0 Å². The molecule has 0 aromatic rings. The number of carboxylic acid groups (broad SMARTS) is 1. The number of rotatable bonds is 2. The Bertz CT molecular complexity index is 227. The van der Waals surface area contributed by atoms with Crippen LogP contribution < -0.4 is 5.73 Å². The molecule has 0 spiro atoms. The standard InChI is InChI=1S/C9H17NO3/c1-8(2)3-4-9(10,5-8)6(11)7(12)13/h6,11H,3-5,10H2,1-2H3,(H,12,13). The molecular weight excluding hydrogens is 170 g/mol. The molecule has 13 heavy (non-hydrogen) atoms. The third kappa shape index (κ3) is 2.00. The molecule has 0 aromatic carbocycles. The lowest BCUT2D eigenvalue weighted by atomic mass is 9.85. The molecule has 0 radical (unpaired) electrons. The third-order valence-electron chi connectivity index (χ3n) is 2.85. The third-order valence-corrected chi connectivity index (χ3v) is 2.85. The van der Waals surface area contributed by atoms with E-state index < -0.39 is 17.6 Å². The fraction of sp³-hybridized carbons (Fsp3) is 0.889. The molecule has 0 aliphatic heterocycles. The molecule has 0 heterocycles. The van der Waals surface area contributed by atoms with Gasteiger partial charge in [-0.25, -0.2) is 4.79 Å². The van der Waals surface area contributed by atoms with Crippen LogP contribution >= 0.6 is 0 Å². The van der Waals surface area contributed by atoms with E-state index in [-0.39, 0.29) is 5.41 Å². The second-order valence-corrected chi connectivity index (χ2v) is 4.81. The highest BCUT2D eigenvalue weighted by atomic mass is 16.4. The maximum atomic E-state index is 10.6. The Hall–Kier alpha value is -0.610. The predicted octanol–water partition coefficient (Wildman–Crippen LogP) is 0.339. The smallest absolute Gasteiger partial charge is 0.334 e. The van der Waals surface area contributed by atoms with E-state index >= 15 is 0 Å². The van der Waals surface area contributed by atoms with Gasteiger partial charge in [-0.1, -0.05) is 13.8 Å². The van der Waals surface area contributed by atoms with Crippen LogP contribution in [0.4, 0.5) is 0 Å². The molecule has 0 saturated heterocycles. The van der Waals surface area contributed by atoms with Crippen molar-refractivity contribution in [2.45, 2.75) is 44.8 Å². The highest BCUT2D eigenvalue weighted by molar-refractivity contribution is 5.74. The lowest BCUT2D eigenvalue weighted by Gasteiger charge is -2.28. The number of nitrogens with two attached hydrogens (primary N) is 1. The van der Waals surface area contributed by atoms with Crippen molar-refractivity contribution in [3.63, 3.8) is 0 Å². The second kappa shape index (κ2) is 2.96. The summed E-state index contributed by atoms with van der Waals surface area (Å²) in [5.74, 6) is -1.22. The zero-order valence-corrected chi connectivity index (χ0v) is 8.08. The van der Waals surface area contributed by atoms with Gasteiger partial charge in [0.1, 0.15) is 0 Å². The Labute approximate surface area is 77.7 Å². The first-order valence-electron chi connectivity index (χ1n) is 4.47. The highest BCUT2D eigenvalue weighted by Gasteiger charge is 2.47. The summed E-state index contributed by atoms with van der Waals surface area (Å²) in [6, 6.07) is 0. The van der Waals surface area contributed by atoms with E-state index in [0.29, 0.717) is 12.8 Å². The van der Waals surface area contributed by atoms with Crippen molar-refractivity contribution < 1.29 is 15.0 Å². The van der Waals surface area contributed by atoms with Crippen LogP contribution in [0.5, 0.6) is 0 Å². The predicted molar refractivity (Wildman–Crippen MR) is 48.2 cm³/mol. The number of hydrogen-bond donors (Lipinski definition) is 3. The highest BCUT2D eigenvalue weighted by Crippen LogP contribution is 2.43. The van der Waals surface area contributed by atoms with Crippen LogP contribution in [0.25, 0.3) is 0 Å². The second-order valence-electron chi connectivity index (χ2n) is 4.81. The van der Waals surface area contributed by atoms with E-state index in [1.54, 1.807) is 0 Å². The van der Waals surface area contributed by atoms with E-state index in [1.165, 1.54) is 0 Å². The van der Waals surface area contributed by atoms with Crippen LogP contribution in [0, 0.1) is 5.41 Å². The van der Waals surface area contributed by atoms with E-state index in [0.717, 1.165) is 6.42 Å². The van der Waals surface area contributed by atoms with Gasteiger partial charge in [-0.15, -0.1) is 0 Å². The Morgan fingerprint density at radius 2 is 2.00 bits per heavy atom. The number of hydrogen-bond acceptors (Lipinski definition) is 3. The molecular formula is C9H17NO3. The SMILES string of the molecule is CC1(C)CCC(N)(C(O)C(=O)O)C1. The maximum absolute atomic E-state index is 10.6. The summed E-state index contributed by atoms with van der Waals surface area (Å²) in [7, 11) is 0. The minimum atomic E-state index is -1.44. The fourth-order valence-corrected chi connectivity index (χ4v) is 2.12. The topological polar surface area (TPSA) is 83.5 Å². The molecule has 0 bridgehead atoms. The minimum absolute atomic E-state index is 0.0468. The van der Waals surface area contributed by atoms with Crippen LogP contribution in [0.2, 0.25) is 0 Å². The van der Waals surface area contributed by atoms with Gasteiger partial charge >= 0.3 is 5.97 Å². The van der Waals surface area contributed by atoms with Crippen molar-refractivity contribution in [3.8, 4) is 0 Å². The van der Waals surface area contributed by atoms with E-state index in [2.05, 4.69) is 0 Å². The molecule has 4 N–H and O–H groups in total. The summed E-state index contributed by atoms with van der Waals surface area (Å²) in [5, 5.41) is 18.0. The van der Waals surface area contributed by atoms with Gasteiger partial charge in [0.15, 0.2) is 6.10 Å². The Kier molecular flexibility index (Phi) is 2.38. The first kappa shape index (κ1) is 10.5. The van der Waals surface area contributed by atoms with Gasteiger partial charge in [0.25, 0.3) is 0 Å². The average molecular weight is 187 g/mol. The summed E-state index contributed by atoms with van der Waals surface area (Å²) in [4.78, 5) is 10.6. The first-order valence-corrected chi connectivity index (χ1v) is 4.47. The van der Waals surface area contributed by atoms with Crippen LogP contribution in [-0.2, 0) is 4.79 Å². The number of carboxylic acids is 1. The van der Waals surface area contributed by atoms with Gasteiger partial charge in [0, 0.05) is 0 Å². The molecule has 1 aliphatic rings. The largest absolute Gasteiger partial charge is 0.479 e. The molecule has 4 heteroatoms. The van der Waals surface area contributed by atoms with Gasteiger partial charge in [0.2, 0.25) is 0 Å². The summed E-state index contributed by atoms with van der Waals surface area (Å²) < 4.78 is 0. The summed E-state index contributed by atoms with van der Waals surface area (Å²) in [6.07, 6.45) is 0.573. The minimum Gasteiger partial charge on any atom is -0.479 e. The molecule has 1 fully saturated rings. The summed E-state index contributed by atoms with van der Waals surface area (Å²) in [5.41, 5.74) is 4.96. The molecule has 1 rings (SSSR count). The van der Waals surface area contributed by atoms with Crippen molar-refractivity contribution in [2.24, 2.45) is 11.1 Å². The van der Waals surface area contributed by atoms with E-state index in [9.17, 15) is 9.90 Å². The molecule has 1 saturated carbocycles. The Morgan fingerprint density at radius 3 is 2.31 bits per heavy atom. The van der Waals surface area contributed by atoms with Crippen molar-refractivity contribution in [1.29, 1.82) is 0 Å². The van der Waals surface area contributed by atoms with Gasteiger partial charge in [-0.3, -0.25) is 0 Å². The van der Waals surface area contributed by atoms with Crippen molar-refractivity contribution in [1.82, 2.24) is 0 Å². The van der Waals surface area contributed by atoms with Gasteiger partial charge < -0.3 is 15.9 Å². The zero-order valence-electron chi connectivity index (χ0n) is 8.08. The zero-order chi connectivity index (χ0) is 10.3. The van der Waals surface area contributed by atoms with Crippen LogP contribution in [0.3, 0.4) is 0 Å². The average Bonchev–Trinajstić information content (AvgIpc) is 2.25. The lowest BCUT2D eigenvalue weighted by molar-refractivity contribution is -0.150. The molecule has 0 aromatic heterocycles. The monoisotopic (exact) mass is 187 g/mol. The number of carbonyl (C=O) groups is 1. The molecule has 2 unspecified atom stereocenters. The quantitative estimate of drug-likeness (QED) is 0.582. The fourth-order valence-electron chi connectivity index (χ4n) is 2.12. The molecule has 1 aliphatic carbocycles. The van der Waals surface area contributed by atoms with Crippen LogP contribution in [0.15, 0.2) is 0 Å². The normalized spacial score (nSPS) is 34.5. The molecule has 76 valence electrons. The molecule has 4 nitrogen and oxygen atoms in total. The molecule has 0 amide bonds. The van der Waals surface area contributed by atoms with E-state index in [4.69, 9.17) is 10.8 Å². The maximum Gasteiger partial charge on any atom is 0.334 e. The number of aliphatic hydroxyl groups is 1. The Morgan fingerprint density at radius 1 is 1.46 bits per heavy atom. The van der Waals surface area contributed by atoms with Gasteiger partial charge in [-0.05, 0) is 24.7 Å². The molecule has 2 atom stereocenters. The lowest BCUT2D eigenvalue weighted by Crippen LogP contribution is -2.53. The van der Waals surface area contributed by atoms with Gasteiger partial charge in [0.05, 0.1) is 5.54 Å². The van der Waals surface area contributed by atoms with Crippen LogP contribution in [0.1, 0.15) is 33.1 Å². The summed E-state index contributed by atoms with van der Waals surface area (Å²) >= 11 is 0. The van der Waals surface area contributed by atoms with E-state index in [1.807, 2.05) is 13.8 Å². The number of aliphatic hydroxyl groups excluding tert-OH is 1. The summed E-state index contributed by atoms with van der Waals surface area (Å²) in [6.45, 7) is 4.08. The number of aliphatic carboxylic acids is 1. The van der Waals surface area contributed by atoms with Crippen LogP contribution in [-0.4, -0.2) is 27.8 Å². The first-order chi connectivity index (χ1) is 5.77.